The average molecular weight is 484 g/mol. The molecule has 0 aliphatic carbocycles. The molecule has 138 valence electrons. The fourth-order valence-electron chi connectivity index (χ4n) is 3.54. The second kappa shape index (κ2) is 6.66. The molecule has 7 heteroatoms. The first kappa shape index (κ1) is 17.3. The van der Waals surface area contributed by atoms with E-state index in [4.69, 9.17) is 0 Å². The number of aromatic nitrogens is 3. The lowest BCUT2D eigenvalue weighted by Crippen LogP contribution is -2.24. The highest BCUT2D eigenvalue weighted by atomic mass is 127. The Kier molecular flexibility index (Phi) is 4.12. The monoisotopic (exact) mass is 484 g/mol. The average Bonchev–Trinajstić information content (AvgIpc) is 3.22. The Bertz CT molecular complexity index is 1240. The van der Waals surface area contributed by atoms with Gasteiger partial charge in [-0.1, -0.05) is 30.3 Å². The van der Waals surface area contributed by atoms with Crippen LogP contribution in [0.15, 0.2) is 60.9 Å². The lowest BCUT2D eigenvalue weighted by Gasteiger charge is -2.16. The lowest BCUT2D eigenvalue weighted by atomic mass is 10.0. The van der Waals surface area contributed by atoms with Crippen LogP contribution in [0.3, 0.4) is 0 Å². The standard InChI is InChI=1S/C21H14FIN4O/c22-18-8-13(14-4-6-16-12-27(23)25-19(16)9-14)3-5-15(18)10-26-11-17-2-1-7-24-20(17)21(26)28/h1-9,12H,10-11H2. The molecule has 0 bridgehead atoms. The number of hydrogen-bond acceptors (Lipinski definition) is 3. The molecule has 5 rings (SSSR count). The molecule has 1 aliphatic heterocycles. The predicted molar refractivity (Wildman–Crippen MR) is 112 cm³/mol. The fraction of sp³-hybridized carbons (Fsp3) is 0.0952. The first-order chi connectivity index (χ1) is 13.6. The van der Waals surface area contributed by atoms with Crippen LogP contribution >= 0.6 is 22.9 Å². The van der Waals surface area contributed by atoms with E-state index in [1.807, 2.05) is 42.6 Å². The van der Waals surface area contributed by atoms with Crippen molar-refractivity contribution in [3.63, 3.8) is 0 Å². The number of pyridine rings is 1. The second-order valence-electron chi connectivity index (χ2n) is 6.77. The minimum atomic E-state index is -0.325. The Labute approximate surface area is 174 Å². The molecule has 0 atom stereocenters. The van der Waals surface area contributed by atoms with Crippen LogP contribution in [0.2, 0.25) is 0 Å². The number of benzene rings is 2. The summed E-state index contributed by atoms with van der Waals surface area (Å²) in [5.41, 5.74) is 4.38. The van der Waals surface area contributed by atoms with Crippen molar-refractivity contribution in [2.24, 2.45) is 0 Å². The van der Waals surface area contributed by atoms with Crippen LogP contribution in [-0.2, 0) is 13.1 Å². The van der Waals surface area contributed by atoms with Gasteiger partial charge in [0.15, 0.2) is 0 Å². The largest absolute Gasteiger partial charge is 0.328 e. The summed E-state index contributed by atoms with van der Waals surface area (Å²) in [6.45, 7) is 0.679. The van der Waals surface area contributed by atoms with Gasteiger partial charge in [0.25, 0.3) is 5.91 Å². The molecule has 0 N–H and O–H groups in total. The molecule has 2 aromatic carbocycles. The fourth-order valence-corrected chi connectivity index (χ4v) is 4.07. The summed E-state index contributed by atoms with van der Waals surface area (Å²) in [4.78, 5) is 18.2. The topological polar surface area (TPSA) is 51.0 Å². The van der Waals surface area contributed by atoms with Gasteiger partial charge in [-0.3, -0.25) is 9.78 Å². The summed E-state index contributed by atoms with van der Waals surface area (Å²) < 4.78 is 16.5. The molecule has 2 aromatic heterocycles. The van der Waals surface area contributed by atoms with E-state index in [0.29, 0.717) is 17.8 Å². The van der Waals surface area contributed by atoms with E-state index in [1.54, 1.807) is 20.1 Å². The third-order valence-electron chi connectivity index (χ3n) is 4.97. The zero-order valence-corrected chi connectivity index (χ0v) is 16.8. The molecule has 0 saturated carbocycles. The summed E-state index contributed by atoms with van der Waals surface area (Å²) in [6, 6.07) is 14.7. The molecule has 3 heterocycles. The number of carbonyl (C=O) groups is 1. The number of carbonyl (C=O) groups excluding carboxylic acids is 1. The van der Waals surface area contributed by atoms with E-state index in [1.165, 1.54) is 6.07 Å². The van der Waals surface area contributed by atoms with Gasteiger partial charge >= 0.3 is 0 Å². The van der Waals surface area contributed by atoms with Crippen molar-refractivity contribution >= 4 is 39.7 Å². The quantitative estimate of drug-likeness (QED) is 0.400. The molecule has 0 saturated heterocycles. The molecule has 0 radical (unpaired) electrons. The van der Waals surface area contributed by atoms with Crippen molar-refractivity contribution in [2.45, 2.75) is 13.1 Å². The van der Waals surface area contributed by atoms with E-state index in [9.17, 15) is 9.18 Å². The molecular formula is C21H14FIN4O. The van der Waals surface area contributed by atoms with E-state index < -0.39 is 0 Å². The van der Waals surface area contributed by atoms with Crippen molar-refractivity contribution in [2.75, 3.05) is 0 Å². The zero-order chi connectivity index (χ0) is 19.3. The molecule has 0 spiro atoms. The highest BCUT2D eigenvalue weighted by Crippen LogP contribution is 2.28. The van der Waals surface area contributed by atoms with Crippen LogP contribution in [0.5, 0.6) is 0 Å². The summed E-state index contributed by atoms with van der Waals surface area (Å²) in [5.74, 6) is -0.479. The van der Waals surface area contributed by atoms with Crippen LogP contribution in [0.1, 0.15) is 21.6 Å². The van der Waals surface area contributed by atoms with Crippen LogP contribution < -0.4 is 0 Å². The third-order valence-corrected chi connectivity index (χ3v) is 5.46. The van der Waals surface area contributed by atoms with Crippen molar-refractivity contribution < 1.29 is 9.18 Å². The van der Waals surface area contributed by atoms with Crippen LogP contribution in [0.4, 0.5) is 4.39 Å². The summed E-state index contributed by atoms with van der Waals surface area (Å²) in [5, 5.41) is 5.43. The Hall–Kier alpha value is -2.81. The van der Waals surface area contributed by atoms with Gasteiger partial charge in [-0.25, -0.2) is 7.29 Å². The summed E-state index contributed by atoms with van der Waals surface area (Å²) in [6.07, 6.45) is 3.54. The third kappa shape index (κ3) is 2.95. The summed E-state index contributed by atoms with van der Waals surface area (Å²) >= 11 is 2.10. The van der Waals surface area contributed by atoms with Gasteiger partial charge in [0, 0.05) is 42.0 Å². The smallest absolute Gasteiger partial charge is 0.273 e. The molecule has 1 amide bonds. The molecule has 4 aromatic rings. The van der Waals surface area contributed by atoms with Crippen LogP contribution in [0.25, 0.3) is 22.0 Å². The molecule has 1 aliphatic rings. The molecule has 28 heavy (non-hydrogen) atoms. The van der Waals surface area contributed by atoms with Gasteiger partial charge in [0.05, 0.1) is 28.4 Å². The maximum atomic E-state index is 14.8. The molecule has 0 unspecified atom stereocenters. The number of hydrogen-bond donors (Lipinski definition) is 0. The normalized spacial score (nSPS) is 13.4. The highest BCUT2D eigenvalue weighted by Gasteiger charge is 2.28. The van der Waals surface area contributed by atoms with E-state index in [2.05, 4.69) is 32.9 Å². The SMILES string of the molecule is O=C1c2ncccc2CN1Cc1ccc(-c2ccc3cn(I)nc3c2)cc1F. The van der Waals surface area contributed by atoms with E-state index in [0.717, 1.165) is 27.6 Å². The highest BCUT2D eigenvalue weighted by molar-refractivity contribution is 14.1. The van der Waals surface area contributed by atoms with Crippen LogP contribution in [-0.4, -0.2) is 23.8 Å². The van der Waals surface area contributed by atoms with Crippen molar-refractivity contribution in [3.8, 4) is 11.1 Å². The van der Waals surface area contributed by atoms with Gasteiger partial charge in [-0.2, -0.15) is 5.10 Å². The number of halogens is 2. The van der Waals surface area contributed by atoms with Gasteiger partial charge in [-0.05, 0) is 29.3 Å². The van der Waals surface area contributed by atoms with Crippen molar-refractivity contribution in [1.29, 1.82) is 0 Å². The maximum Gasteiger partial charge on any atom is 0.273 e. The minimum Gasteiger partial charge on any atom is -0.328 e. The number of nitrogens with zero attached hydrogens (tertiary/aromatic N) is 4. The van der Waals surface area contributed by atoms with Gasteiger partial charge in [0.2, 0.25) is 0 Å². The van der Waals surface area contributed by atoms with Gasteiger partial charge in [0.1, 0.15) is 11.5 Å². The van der Waals surface area contributed by atoms with E-state index >= 15 is 0 Å². The zero-order valence-electron chi connectivity index (χ0n) is 14.6. The molecule has 5 nitrogen and oxygen atoms in total. The predicted octanol–water partition coefficient (Wildman–Crippen LogP) is 4.59. The van der Waals surface area contributed by atoms with Crippen molar-refractivity contribution in [3.05, 3.63) is 83.6 Å². The number of fused-ring (bicyclic) bond motifs is 2. The Morgan fingerprint density at radius 3 is 2.75 bits per heavy atom. The van der Waals surface area contributed by atoms with Crippen LogP contribution in [0, 0.1) is 5.82 Å². The Morgan fingerprint density at radius 2 is 1.93 bits per heavy atom. The molecule has 0 fully saturated rings. The number of rotatable bonds is 3. The van der Waals surface area contributed by atoms with Gasteiger partial charge in [-0.15, -0.1) is 0 Å². The first-order valence-electron chi connectivity index (χ1n) is 8.76. The minimum absolute atomic E-state index is 0.154. The van der Waals surface area contributed by atoms with Gasteiger partial charge < -0.3 is 4.90 Å². The second-order valence-corrected chi connectivity index (χ2v) is 7.76. The maximum absolute atomic E-state index is 14.8. The van der Waals surface area contributed by atoms with E-state index in [-0.39, 0.29) is 18.3 Å². The lowest BCUT2D eigenvalue weighted by molar-refractivity contribution is 0.0761. The Balaban J connectivity index is 1.41. The Morgan fingerprint density at radius 1 is 1.11 bits per heavy atom. The number of amides is 1. The van der Waals surface area contributed by atoms with Crippen molar-refractivity contribution in [1.82, 2.24) is 17.9 Å². The first-order valence-corrected chi connectivity index (χ1v) is 9.72. The summed E-state index contributed by atoms with van der Waals surface area (Å²) in [7, 11) is 0. The molecular weight excluding hydrogens is 470 g/mol.